The van der Waals surface area contributed by atoms with Gasteiger partial charge >= 0.3 is 0 Å². The number of nitrogens with zero attached hydrogens (tertiary/aromatic N) is 4. The van der Waals surface area contributed by atoms with Crippen molar-refractivity contribution < 1.29 is 0 Å². The van der Waals surface area contributed by atoms with Crippen LogP contribution in [0.1, 0.15) is 0 Å². The Labute approximate surface area is 120 Å². The summed E-state index contributed by atoms with van der Waals surface area (Å²) in [6.07, 6.45) is 1.80. The lowest BCUT2D eigenvalue weighted by Crippen LogP contribution is -1.85. The lowest BCUT2D eigenvalue weighted by molar-refractivity contribution is 1.34. The van der Waals surface area contributed by atoms with Crippen molar-refractivity contribution in [2.45, 2.75) is 0 Å². The number of pyridine rings is 1. The van der Waals surface area contributed by atoms with E-state index in [1.165, 1.54) is 0 Å². The van der Waals surface area contributed by atoms with E-state index in [-0.39, 0.29) is 0 Å². The van der Waals surface area contributed by atoms with Gasteiger partial charge in [0.25, 0.3) is 0 Å². The van der Waals surface area contributed by atoms with Crippen molar-refractivity contribution in [3.63, 3.8) is 0 Å². The summed E-state index contributed by atoms with van der Waals surface area (Å²) in [5.74, 6) is 0. The fourth-order valence-corrected chi connectivity index (χ4v) is 2.25. The Hall–Kier alpha value is -2.55. The quantitative estimate of drug-likeness (QED) is 0.347. The number of fused-ring (bicyclic) bond motifs is 1. The molecule has 4 nitrogen and oxygen atoms in total. The summed E-state index contributed by atoms with van der Waals surface area (Å²) < 4.78 is 0. The molecule has 3 aromatic rings. The number of halogens is 1. The zero-order valence-corrected chi connectivity index (χ0v) is 11.1. The summed E-state index contributed by atoms with van der Waals surface area (Å²) in [5, 5.41) is 6.39. The van der Waals surface area contributed by atoms with E-state index in [1.807, 2.05) is 30.3 Å². The Morgan fingerprint density at radius 2 is 1.85 bits per heavy atom. The van der Waals surface area contributed by atoms with Crippen LogP contribution in [-0.2, 0) is 0 Å². The summed E-state index contributed by atoms with van der Waals surface area (Å²) in [4.78, 5) is 7.26. The molecule has 0 unspecified atom stereocenters. The molecule has 1 aromatic heterocycles. The number of aromatic nitrogens is 1. The summed E-state index contributed by atoms with van der Waals surface area (Å²) in [7, 11) is 0. The highest BCUT2D eigenvalue weighted by Gasteiger charge is 2.07. The molecule has 20 heavy (non-hydrogen) atoms. The molecule has 0 saturated carbocycles. The van der Waals surface area contributed by atoms with Crippen LogP contribution in [0.5, 0.6) is 0 Å². The van der Waals surface area contributed by atoms with E-state index in [2.05, 4.69) is 15.0 Å². The molecule has 0 fully saturated rings. The van der Waals surface area contributed by atoms with E-state index < -0.39 is 0 Å². The van der Waals surface area contributed by atoms with Gasteiger partial charge in [0, 0.05) is 32.8 Å². The number of rotatable bonds is 2. The van der Waals surface area contributed by atoms with Gasteiger partial charge in [-0.2, -0.15) is 0 Å². The van der Waals surface area contributed by atoms with Gasteiger partial charge in [-0.15, -0.1) is 0 Å². The second-order valence-electron chi connectivity index (χ2n) is 4.27. The Balaban J connectivity index is 2.24. The molecule has 0 bridgehead atoms. The Kier molecular flexibility index (Phi) is 3.25. The van der Waals surface area contributed by atoms with Crippen molar-refractivity contribution in [2.24, 2.45) is 5.11 Å². The zero-order valence-electron chi connectivity index (χ0n) is 10.4. The largest absolute Gasteiger partial charge is 0.256 e. The minimum Gasteiger partial charge on any atom is -0.256 e. The molecule has 3 rings (SSSR count). The first-order valence-corrected chi connectivity index (χ1v) is 6.35. The van der Waals surface area contributed by atoms with Crippen LogP contribution < -0.4 is 0 Å². The highest BCUT2D eigenvalue weighted by atomic mass is 35.5. The molecule has 0 aliphatic carbocycles. The number of benzene rings is 2. The number of hydrogen-bond acceptors (Lipinski definition) is 2. The molecule has 0 aliphatic heterocycles. The van der Waals surface area contributed by atoms with Crippen LogP contribution in [0.4, 0.5) is 5.69 Å². The van der Waals surface area contributed by atoms with Crippen molar-refractivity contribution >= 4 is 28.1 Å². The van der Waals surface area contributed by atoms with Gasteiger partial charge in [0.15, 0.2) is 0 Å². The van der Waals surface area contributed by atoms with Crippen LogP contribution in [0.25, 0.3) is 32.5 Å². The second-order valence-corrected chi connectivity index (χ2v) is 4.70. The van der Waals surface area contributed by atoms with E-state index in [0.29, 0.717) is 10.7 Å². The monoisotopic (exact) mass is 280 g/mol. The second kappa shape index (κ2) is 5.21. The lowest BCUT2D eigenvalue weighted by atomic mass is 10.1. The van der Waals surface area contributed by atoms with E-state index in [4.69, 9.17) is 17.1 Å². The van der Waals surface area contributed by atoms with Crippen LogP contribution in [0.2, 0.25) is 5.02 Å². The summed E-state index contributed by atoms with van der Waals surface area (Å²) >= 11 is 6.02. The minimum atomic E-state index is 0.514. The van der Waals surface area contributed by atoms with Crippen molar-refractivity contribution in [1.82, 2.24) is 4.98 Å². The van der Waals surface area contributed by atoms with Gasteiger partial charge in [-0.3, -0.25) is 4.98 Å². The third-order valence-electron chi connectivity index (χ3n) is 3.02. The van der Waals surface area contributed by atoms with Gasteiger partial charge in [-0.05, 0) is 29.1 Å². The predicted molar refractivity (Wildman–Crippen MR) is 81.0 cm³/mol. The molecular weight excluding hydrogens is 272 g/mol. The molecule has 0 radical (unpaired) electrons. The van der Waals surface area contributed by atoms with E-state index in [1.54, 1.807) is 24.4 Å². The molecular formula is C15H9ClN4. The normalized spacial score (nSPS) is 10.2. The fourth-order valence-electron chi connectivity index (χ4n) is 2.08. The third-order valence-corrected chi connectivity index (χ3v) is 3.25. The molecule has 0 saturated heterocycles. The zero-order chi connectivity index (χ0) is 13.9. The van der Waals surface area contributed by atoms with Crippen molar-refractivity contribution in [3.8, 4) is 11.3 Å². The SMILES string of the molecule is [N-]=[N+]=Nc1ccc(Cl)cc1-c1cc2ccccc2cn1. The molecule has 96 valence electrons. The maximum Gasteiger partial charge on any atom is 0.0713 e. The fraction of sp³-hybridized carbons (Fsp3) is 0. The minimum absolute atomic E-state index is 0.514. The standard InChI is InChI=1S/C15H9ClN4/c16-12-5-6-14(19-20-17)13(8-12)15-7-10-3-1-2-4-11(10)9-18-15/h1-9H. The summed E-state index contributed by atoms with van der Waals surface area (Å²) in [5.41, 5.74) is 10.6. The highest BCUT2D eigenvalue weighted by molar-refractivity contribution is 6.31. The maximum atomic E-state index is 8.64. The molecule has 0 amide bonds. The van der Waals surface area contributed by atoms with Gasteiger partial charge < -0.3 is 0 Å². The van der Waals surface area contributed by atoms with E-state index in [0.717, 1.165) is 22.0 Å². The number of hydrogen-bond donors (Lipinski definition) is 0. The van der Waals surface area contributed by atoms with Crippen molar-refractivity contribution in [2.75, 3.05) is 0 Å². The van der Waals surface area contributed by atoms with Gasteiger partial charge in [0.1, 0.15) is 0 Å². The van der Waals surface area contributed by atoms with Crippen LogP contribution in [0, 0.1) is 0 Å². The van der Waals surface area contributed by atoms with Crippen LogP contribution in [0.3, 0.4) is 0 Å². The first-order chi connectivity index (χ1) is 9.78. The summed E-state index contributed by atoms with van der Waals surface area (Å²) in [6.45, 7) is 0. The van der Waals surface area contributed by atoms with E-state index in [9.17, 15) is 0 Å². The van der Waals surface area contributed by atoms with Gasteiger partial charge in [-0.1, -0.05) is 47.0 Å². The van der Waals surface area contributed by atoms with Gasteiger partial charge in [0.2, 0.25) is 0 Å². The third kappa shape index (κ3) is 2.30. The first-order valence-electron chi connectivity index (χ1n) is 5.98. The Bertz CT molecular complexity index is 838. The molecule has 0 atom stereocenters. The lowest BCUT2D eigenvalue weighted by Gasteiger charge is -2.06. The Morgan fingerprint density at radius 3 is 2.65 bits per heavy atom. The molecule has 0 spiro atoms. The van der Waals surface area contributed by atoms with E-state index >= 15 is 0 Å². The highest BCUT2D eigenvalue weighted by Crippen LogP contribution is 2.33. The topological polar surface area (TPSA) is 61.7 Å². The van der Waals surface area contributed by atoms with Crippen LogP contribution >= 0.6 is 11.6 Å². The van der Waals surface area contributed by atoms with Crippen LogP contribution in [-0.4, -0.2) is 4.98 Å². The summed E-state index contributed by atoms with van der Waals surface area (Å²) in [6, 6.07) is 15.0. The maximum absolute atomic E-state index is 8.64. The molecule has 0 aliphatic rings. The van der Waals surface area contributed by atoms with Crippen LogP contribution in [0.15, 0.2) is 59.8 Å². The van der Waals surface area contributed by atoms with Crippen molar-refractivity contribution in [3.05, 3.63) is 70.2 Å². The Morgan fingerprint density at radius 1 is 1.05 bits per heavy atom. The van der Waals surface area contributed by atoms with Gasteiger partial charge in [0.05, 0.1) is 5.69 Å². The molecule has 0 N–H and O–H groups in total. The molecule has 2 aromatic carbocycles. The first kappa shape index (κ1) is 12.5. The van der Waals surface area contributed by atoms with Gasteiger partial charge in [-0.25, -0.2) is 0 Å². The number of azide groups is 1. The smallest absolute Gasteiger partial charge is 0.0713 e. The average molecular weight is 281 g/mol. The van der Waals surface area contributed by atoms with Crippen molar-refractivity contribution in [1.29, 1.82) is 0 Å². The average Bonchev–Trinajstić information content (AvgIpc) is 2.49. The molecule has 1 heterocycles. The predicted octanol–water partition coefficient (Wildman–Crippen LogP) is 5.50. The molecule has 5 heteroatoms.